The van der Waals surface area contributed by atoms with E-state index in [4.69, 9.17) is 11.6 Å². The molecule has 0 amide bonds. The van der Waals surface area contributed by atoms with Crippen molar-refractivity contribution >= 4 is 33.2 Å². The molecule has 0 saturated carbocycles. The van der Waals surface area contributed by atoms with E-state index in [2.05, 4.69) is 21.2 Å². The van der Waals surface area contributed by atoms with E-state index >= 15 is 0 Å². The third kappa shape index (κ3) is 3.19. The molecule has 2 aromatic carbocycles. The highest BCUT2D eigenvalue weighted by Gasteiger charge is 2.08. The second-order valence-electron chi connectivity index (χ2n) is 4.18. The average molecular weight is 345 g/mol. The van der Waals surface area contributed by atoms with Gasteiger partial charge in [-0.15, -0.1) is 0 Å². The summed E-state index contributed by atoms with van der Waals surface area (Å²) in [6, 6.07) is 8.26. The molecule has 5 heteroatoms. The van der Waals surface area contributed by atoms with Crippen LogP contribution in [0.2, 0.25) is 5.02 Å². The maximum Gasteiger partial charge on any atom is 0.139 e. The third-order valence-electron chi connectivity index (χ3n) is 2.81. The minimum Gasteiger partial charge on any atom is -0.506 e. The Hall–Kier alpha value is -1.26. The standard InChI is InChI=1S/C14H12BrClFNO/c1-8-5-10(15)12(17)6-13(8)18-7-9-3-2-4-11(16)14(9)19/h2-6,18-19H,7H2,1H3. The fourth-order valence-corrected chi connectivity index (χ4v) is 2.38. The summed E-state index contributed by atoms with van der Waals surface area (Å²) in [6.07, 6.45) is 0. The number of aryl methyl sites for hydroxylation is 1. The average Bonchev–Trinajstić information content (AvgIpc) is 2.37. The fourth-order valence-electron chi connectivity index (χ4n) is 1.73. The third-order valence-corrected chi connectivity index (χ3v) is 3.72. The van der Waals surface area contributed by atoms with Gasteiger partial charge >= 0.3 is 0 Å². The molecule has 0 aliphatic rings. The smallest absolute Gasteiger partial charge is 0.139 e. The van der Waals surface area contributed by atoms with E-state index in [0.717, 1.165) is 5.56 Å². The number of hydrogen-bond donors (Lipinski definition) is 2. The molecular weight excluding hydrogens is 333 g/mol. The molecule has 0 heterocycles. The molecule has 2 N–H and O–H groups in total. The van der Waals surface area contributed by atoms with Crippen molar-refractivity contribution in [1.29, 1.82) is 0 Å². The van der Waals surface area contributed by atoms with Crippen molar-refractivity contribution in [2.75, 3.05) is 5.32 Å². The van der Waals surface area contributed by atoms with Crippen molar-refractivity contribution < 1.29 is 9.50 Å². The lowest BCUT2D eigenvalue weighted by atomic mass is 10.1. The van der Waals surface area contributed by atoms with Gasteiger partial charge in [-0.25, -0.2) is 4.39 Å². The molecule has 100 valence electrons. The lowest BCUT2D eigenvalue weighted by Gasteiger charge is -2.12. The molecule has 0 aliphatic carbocycles. The molecular formula is C14H12BrClFNO. The summed E-state index contributed by atoms with van der Waals surface area (Å²) < 4.78 is 13.9. The molecule has 0 bridgehead atoms. The van der Waals surface area contributed by atoms with Gasteiger partial charge in [0.25, 0.3) is 0 Å². The summed E-state index contributed by atoms with van der Waals surface area (Å²) in [5.74, 6) is -0.282. The molecule has 19 heavy (non-hydrogen) atoms. The van der Waals surface area contributed by atoms with Crippen LogP contribution < -0.4 is 5.32 Å². The van der Waals surface area contributed by atoms with Gasteiger partial charge in [0.05, 0.1) is 9.50 Å². The zero-order valence-electron chi connectivity index (χ0n) is 10.2. The molecule has 0 fully saturated rings. The van der Waals surface area contributed by atoms with E-state index in [0.29, 0.717) is 27.3 Å². The van der Waals surface area contributed by atoms with Crippen LogP contribution in [0.25, 0.3) is 0 Å². The molecule has 0 saturated heterocycles. The van der Waals surface area contributed by atoms with Gasteiger partial charge in [-0.05, 0) is 46.6 Å². The number of para-hydroxylation sites is 1. The number of aromatic hydroxyl groups is 1. The molecule has 0 aromatic heterocycles. The van der Waals surface area contributed by atoms with E-state index in [1.807, 2.05) is 6.92 Å². The Balaban J connectivity index is 2.19. The van der Waals surface area contributed by atoms with E-state index in [1.54, 1.807) is 24.3 Å². The minimum absolute atomic E-state index is 0.0481. The maximum absolute atomic E-state index is 13.5. The predicted molar refractivity (Wildman–Crippen MR) is 79.3 cm³/mol. The zero-order chi connectivity index (χ0) is 14.0. The second kappa shape index (κ2) is 5.80. The topological polar surface area (TPSA) is 32.3 Å². The number of nitrogens with one attached hydrogen (secondary N) is 1. The number of rotatable bonds is 3. The van der Waals surface area contributed by atoms with Crippen molar-refractivity contribution in [3.8, 4) is 5.75 Å². The van der Waals surface area contributed by atoms with Gasteiger partial charge in [0.1, 0.15) is 11.6 Å². The molecule has 0 unspecified atom stereocenters. The van der Waals surface area contributed by atoms with Crippen LogP contribution in [0.3, 0.4) is 0 Å². The Morgan fingerprint density at radius 2 is 2.11 bits per heavy atom. The van der Waals surface area contributed by atoms with Gasteiger partial charge in [0, 0.05) is 17.8 Å². The van der Waals surface area contributed by atoms with Crippen molar-refractivity contribution in [2.45, 2.75) is 13.5 Å². The molecule has 0 spiro atoms. The summed E-state index contributed by atoms with van der Waals surface area (Å²) >= 11 is 8.97. The van der Waals surface area contributed by atoms with Crippen LogP contribution >= 0.6 is 27.5 Å². The maximum atomic E-state index is 13.5. The first-order chi connectivity index (χ1) is 8.99. The predicted octanol–water partition coefficient (Wildman–Crippen LogP) is 4.87. The molecule has 0 radical (unpaired) electrons. The van der Waals surface area contributed by atoms with Crippen LogP contribution in [0, 0.1) is 12.7 Å². The van der Waals surface area contributed by atoms with Gasteiger partial charge in [0.2, 0.25) is 0 Å². The van der Waals surface area contributed by atoms with Crippen molar-refractivity contribution in [3.63, 3.8) is 0 Å². The van der Waals surface area contributed by atoms with E-state index in [9.17, 15) is 9.50 Å². The fraction of sp³-hybridized carbons (Fsp3) is 0.143. The monoisotopic (exact) mass is 343 g/mol. The van der Waals surface area contributed by atoms with Gasteiger partial charge in [-0.1, -0.05) is 23.7 Å². The van der Waals surface area contributed by atoms with Crippen molar-refractivity contribution in [3.05, 3.63) is 56.8 Å². The van der Waals surface area contributed by atoms with Crippen molar-refractivity contribution in [1.82, 2.24) is 0 Å². The van der Waals surface area contributed by atoms with Crippen LogP contribution in [0.15, 0.2) is 34.8 Å². The lowest BCUT2D eigenvalue weighted by molar-refractivity contribution is 0.469. The molecule has 0 aliphatic heterocycles. The first-order valence-corrected chi connectivity index (χ1v) is 6.82. The zero-order valence-corrected chi connectivity index (χ0v) is 12.5. The normalized spacial score (nSPS) is 10.5. The summed E-state index contributed by atoms with van der Waals surface area (Å²) in [5.41, 5.74) is 2.25. The van der Waals surface area contributed by atoms with Crippen LogP contribution in [0.4, 0.5) is 10.1 Å². The van der Waals surface area contributed by atoms with E-state index in [1.165, 1.54) is 6.07 Å². The molecule has 2 aromatic rings. The van der Waals surface area contributed by atoms with Crippen molar-refractivity contribution in [2.24, 2.45) is 0 Å². The SMILES string of the molecule is Cc1cc(Br)c(F)cc1NCc1cccc(Cl)c1O. The number of benzene rings is 2. The van der Waals surface area contributed by atoms with Gasteiger partial charge in [0.15, 0.2) is 0 Å². The number of anilines is 1. The van der Waals surface area contributed by atoms with Crippen LogP contribution in [-0.4, -0.2) is 5.11 Å². The Morgan fingerprint density at radius 1 is 1.37 bits per heavy atom. The minimum atomic E-state index is -0.330. The highest BCUT2D eigenvalue weighted by atomic mass is 79.9. The Morgan fingerprint density at radius 3 is 2.84 bits per heavy atom. The highest BCUT2D eigenvalue weighted by Crippen LogP contribution is 2.29. The summed E-state index contributed by atoms with van der Waals surface area (Å²) in [4.78, 5) is 0. The largest absolute Gasteiger partial charge is 0.506 e. The first kappa shape index (κ1) is 14.2. The van der Waals surface area contributed by atoms with E-state index < -0.39 is 0 Å². The van der Waals surface area contributed by atoms with Crippen LogP contribution in [-0.2, 0) is 6.54 Å². The van der Waals surface area contributed by atoms with Gasteiger partial charge in [-0.3, -0.25) is 0 Å². The number of phenolic OH excluding ortho intramolecular Hbond substituents is 1. The van der Waals surface area contributed by atoms with E-state index in [-0.39, 0.29) is 11.6 Å². The van der Waals surface area contributed by atoms with Gasteiger partial charge < -0.3 is 10.4 Å². The highest BCUT2D eigenvalue weighted by molar-refractivity contribution is 9.10. The first-order valence-electron chi connectivity index (χ1n) is 5.65. The second-order valence-corrected chi connectivity index (χ2v) is 5.44. The number of halogens is 3. The molecule has 0 atom stereocenters. The quantitative estimate of drug-likeness (QED) is 0.833. The summed E-state index contributed by atoms with van der Waals surface area (Å²) in [7, 11) is 0. The number of hydrogen-bond acceptors (Lipinski definition) is 2. The molecule has 2 rings (SSSR count). The Labute approximate surface area is 124 Å². The van der Waals surface area contributed by atoms with Crippen LogP contribution in [0.1, 0.15) is 11.1 Å². The molecule has 2 nitrogen and oxygen atoms in total. The summed E-state index contributed by atoms with van der Waals surface area (Å²) in [6.45, 7) is 2.25. The lowest BCUT2D eigenvalue weighted by Crippen LogP contribution is -2.02. The van der Waals surface area contributed by atoms with Gasteiger partial charge in [-0.2, -0.15) is 0 Å². The number of phenols is 1. The Kier molecular flexibility index (Phi) is 4.32. The summed E-state index contributed by atoms with van der Waals surface area (Å²) in [5, 5.41) is 13.2. The van der Waals surface area contributed by atoms with Crippen LogP contribution in [0.5, 0.6) is 5.75 Å². The Bertz CT molecular complexity index is 619.